The van der Waals surface area contributed by atoms with Gasteiger partial charge in [0.05, 0.1) is 12.0 Å². The second kappa shape index (κ2) is 4.78. The Morgan fingerprint density at radius 3 is 2.36 bits per heavy atom. The van der Waals surface area contributed by atoms with Crippen molar-refractivity contribution < 1.29 is 0 Å². The van der Waals surface area contributed by atoms with E-state index in [4.69, 9.17) is 11.0 Å². The summed E-state index contributed by atoms with van der Waals surface area (Å²) in [7, 11) is 0. The lowest BCUT2D eigenvalue weighted by Crippen LogP contribution is -2.19. The molecule has 0 aromatic heterocycles. The van der Waals surface area contributed by atoms with Gasteiger partial charge >= 0.3 is 0 Å². The van der Waals surface area contributed by atoms with Gasteiger partial charge in [0, 0.05) is 6.04 Å². The van der Waals surface area contributed by atoms with Crippen LogP contribution in [-0.4, -0.2) is 0 Å². The zero-order chi connectivity index (χ0) is 10.6. The summed E-state index contributed by atoms with van der Waals surface area (Å²) in [5.74, 6) is -0.0855. The van der Waals surface area contributed by atoms with E-state index in [0.717, 1.165) is 12.0 Å². The lowest BCUT2D eigenvalue weighted by molar-refractivity contribution is 0.517. The molecule has 0 heterocycles. The third-order valence-corrected chi connectivity index (χ3v) is 2.50. The Bertz CT molecular complexity index is 321. The van der Waals surface area contributed by atoms with Gasteiger partial charge in [0.15, 0.2) is 0 Å². The highest BCUT2D eigenvalue weighted by Crippen LogP contribution is 2.21. The van der Waals surface area contributed by atoms with E-state index >= 15 is 0 Å². The zero-order valence-electron chi connectivity index (χ0n) is 8.70. The Hall–Kier alpha value is -1.33. The number of aryl methyl sites for hydroxylation is 1. The fraction of sp³-hybridized carbons (Fsp3) is 0.417. The second-order valence-corrected chi connectivity index (χ2v) is 3.58. The quantitative estimate of drug-likeness (QED) is 0.792. The highest BCUT2D eigenvalue weighted by Gasteiger charge is 2.16. The first-order valence-electron chi connectivity index (χ1n) is 4.90. The predicted molar refractivity (Wildman–Crippen MR) is 57.5 cm³/mol. The number of nitrogens with zero attached hydrogens (tertiary/aromatic N) is 1. The first-order valence-corrected chi connectivity index (χ1v) is 4.90. The van der Waals surface area contributed by atoms with E-state index in [-0.39, 0.29) is 12.0 Å². The van der Waals surface area contributed by atoms with Crippen molar-refractivity contribution in [1.29, 1.82) is 5.26 Å². The molecule has 1 aromatic carbocycles. The van der Waals surface area contributed by atoms with Gasteiger partial charge in [-0.2, -0.15) is 5.26 Å². The standard InChI is InChI=1S/C12H16N2/c1-3-10(8-13)12(14)11-6-4-9(2)5-7-11/h4-7,10,12H,3,14H2,1-2H3. The molecule has 0 saturated carbocycles. The van der Waals surface area contributed by atoms with Gasteiger partial charge in [0.1, 0.15) is 0 Å². The van der Waals surface area contributed by atoms with Crippen LogP contribution in [-0.2, 0) is 0 Å². The van der Waals surface area contributed by atoms with Gasteiger partial charge in [0.25, 0.3) is 0 Å². The Kier molecular flexibility index (Phi) is 3.67. The van der Waals surface area contributed by atoms with Crippen molar-refractivity contribution in [3.63, 3.8) is 0 Å². The van der Waals surface area contributed by atoms with E-state index in [1.807, 2.05) is 38.1 Å². The summed E-state index contributed by atoms with van der Waals surface area (Å²) < 4.78 is 0. The molecule has 14 heavy (non-hydrogen) atoms. The fourth-order valence-electron chi connectivity index (χ4n) is 1.45. The van der Waals surface area contributed by atoms with Gasteiger partial charge in [-0.05, 0) is 18.9 Å². The van der Waals surface area contributed by atoms with E-state index in [2.05, 4.69) is 6.07 Å². The van der Waals surface area contributed by atoms with Crippen LogP contribution in [0.15, 0.2) is 24.3 Å². The molecule has 0 aliphatic rings. The molecule has 0 fully saturated rings. The Morgan fingerprint density at radius 2 is 1.93 bits per heavy atom. The number of nitriles is 1. The van der Waals surface area contributed by atoms with E-state index in [0.29, 0.717) is 0 Å². The molecule has 0 spiro atoms. The van der Waals surface area contributed by atoms with Gasteiger partial charge in [-0.25, -0.2) is 0 Å². The maximum Gasteiger partial charge on any atom is 0.0675 e. The maximum atomic E-state index is 8.88. The molecule has 2 atom stereocenters. The largest absolute Gasteiger partial charge is 0.323 e. The lowest BCUT2D eigenvalue weighted by Gasteiger charge is -2.16. The van der Waals surface area contributed by atoms with E-state index in [9.17, 15) is 0 Å². The van der Waals surface area contributed by atoms with Crippen molar-refractivity contribution >= 4 is 0 Å². The van der Waals surface area contributed by atoms with Crippen LogP contribution in [0.1, 0.15) is 30.5 Å². The van der Waals surface area contributed by atoms with Crippen LogP contribution in [0.2, 0.25) is 0 Å². The SMILES string of the molecule is CCC(C#N)C(N)c1ccc(C)cc1. The predicted octanol–water partition coefficient (Wildman–Crippen LogP) is 2.54. The normalized spacial score (nSPS) is 14.4. The van der Waals surface area contributed by atoms with Gasteiger partial charge in [-0.15, -0.1) is 0 Å². The van der Waals surface area contributed by atoms with Crippen molar-refractivity contribution in [2.75, 3.05) is 0 Å². The molecule has 0 saturated heterocycles. The lowest BCUT2D eigenvalue weighted by atomic mass is 9.92. The van der Waals surface area contributed by atoms with Crippen molar-refractivity contribution in [3.8, 4) is 6.07 Å². The molecular formula is C12H16N2. The highest BCUT2D eigenvalue weighted by atomic mass is 14.6. The van der Waals surface area contributed by atoms with Crippen LogP contribution in [0.25, 0.3) is 0 Å². The molecular weight excluding hydrogens is 172 g/mol. The number of nitrogens with two attached hydrogens (primary N) is 1. The Balaban J connectivity index is 2.84. The monoisotopic (exact) mass is 188 g/mol. The maximum absolute atomic E-state index is 8.88. The van der Waals surface area contributed by atoms with E-state index in [1.54, 1.807) is 0 Å². The first kappa shape index (κ1) is 10.7. The molecule has 0 aliphatic heterocycles. The van der Waals surface area contributed by atoms with Crippen molar-refractivity contribution in [3.05, 3.63) is 35.4 Å². The molecule has 2 heteroatoms. The van der Waals surface area contributed by atoms with E-state index < -0.39 is 0 Å². The average molecular weight is 188 g/mol. The van der Waals surface area contributed by atoms with Crippen molar-refractivity contribution in [2.24, 2.45) is 11.7 Å². The summed E-state index contributed by atoms with van der Waals surface area (Å²) in [4.78, 5) is 0. The molecule has 2 N–H and O–H groups in total. The summed E-state index contributed by atoms with van der Waals surface area (Å²) in [5, 5.41) is 8.88. The third-order valence-electron chi connectivity index (χ3n) is 2.50. The molecule has 0 aliphatic carbocycles. The first-order chi connectivity index (χ1) is 6.69. The van der Waals surface area contributed by atoms with Gasteiger partial charge in [-0.1, -0.05) is 36.8 Å². The summed E-state index contributed by atoms with van der Waals surface area (Å²) >= 11 is 0. The van der Waals surface area contributed by atoms with Crippen LogP contribution < -0.4 is 5.73 Å². The molecule has 0 amide bonds. The number of hydrogen-bond acceptors (Lipinski definition) is 2. The van der Waals surface area contributed by atoms with E-state index in [1.165, 1.54) is 5.56 Å². The van der Waals surface area contributed by atoms with Crippen LogP contribution in [0.5, 0.6) is 0 Å². The molecule has 2 unspecified atom stereocenters. The summed E-state index contributed by atoms with van der Waals surface area (Å²) in [6.45, 7) is 4.03. The highest BCUT2D eigenvalue weighted by molar-refractivity contribution is 5.25. The topological polar surface area (TPSA) is 49.8 Å². The average Bonchev–Trinajstić information content (AvgIpc) is 2.20. The van der Waals surface area contributed by atoms with Gasteiger partial charge < -0.3 is 5.73 Å². The minimum Gasteiger partial charge on any atom is -0.323 e. The fourth-order valence-corrected chi connectivity index (χ4v) is 1.45. The Morgan fingerprint density at radius 1 is 1.36 bits per heavy atom. The summed E-state index contributed by atoms with van der Waals surface area (Å²) in [6, 6.07) is 10.1. The van der Waals surface area contributed by atoms with Crippen LogP contribution in [0.4, 0.5) is 0 Å². The molecule has 0 bridgehead atoms. The van der Waals surface area contributed by atoms with Crippen LogP contribution >= 0.6 is 0 Å². The zero-order valence-corrected chi connectivity index (χ0v) is 8.70. The second-order valence-electron chi connectivity index (χ2n) is 3.58. The molecule has 1 rings (SSSR count). The van der Waals surface area contributed by atoms with Crippen LogP contribution in [0.3, 0.4) is 0 Å². The van der Waals surface area contributed by atoms with Gasteiger partial charge in [0.2, 0.25) is 0 Å². The third kappa shape index (κ3) is 2.34. The molecule has 0 radical (unpaired) electrons. The van der Waals surface area contributed by atoms with Crippen LogP contribution in [0, 0.1) is 24.2 Å². The minimum absolute atomic E-state index is 0.0855. The molecule has 74 valence electrons. The van der Waals surface area contributed by atoms with Gasteiger partial charge in [-0.3, -0.25) is 0 Å². The molecule has 1 aromatic rings. The summed E-state index contributed by atoms with van der Waals surface area (Å²) in [5.41, 5.74) is 8.25. The number of benzene rings is 1. The van der Waals surface area contributed by atoms with Crippen molar-refractivity contribution in [2.45, 2.75) is 26.3 Å². The minimum atomic E-state index is -0.161. The number of rotatable bonds is 3. The number of hydrogen-bond donors (Lipinski definition) is 1. The Labute approximate surface area is 85.4 Å². The summed E-state index contributed by atoms with van der Waals surface area (Å²) in [6.07, 6.45) is 0.797. The smallest absolute Gasteiger partial charge is 0.0675 e. The molecule has 2 nitrogen and oxygen atoms in total. The van der Waals surface area contributed by atoms with Crippen molar-refractivity contribution in [1.82, 2.24) is 0 Å².